The van der Waals surface area contributed by atoms with E-state index in [4.69, 9.17) is 9.97 Å². The molecule has 5 aromatic carbocycles. The monoisotopic (exact) mass is 704 g/mol. The molecule has 2 aromatic heterocycles. The van der Waals surface area contributed by atoms with E-state index in [1.807, 2.05) is 0 Å². The maximum Gasteiger partial charge on any atom is 0.0978 e. The average molecular weight is 705 g/mol. The van der Waals surface area contributed by atoms with E-state index in [-0.39, 0.29) is 0 Å². The first-order valence-electron chi connectivity index (χ1n) is 20.6. The molecule has 0 aliphatic heterocycles. The van der Waals surface area contributed by atoms with Crippen LogP contribution in [0, 0.1) is 27.7 Å². The van der Waals surface area contributed by atoms with Gasteiger partial charge in [0.1, 0.15) is 0 Å². The molecule has 2 aliphatic rings. The summed E-state index contributed by atoms with van der Waals surface area (Å²) in [6, 6.07) is 40.6. The summed E-state index contributed by atoms with van der Waals surface area (Å²) in [5, 5.41) is 2.29. The van der Waals surface area contributed by atoms with Gasteiger partial charge >= 0.3 is 0 Å². The number of rotatable bonds is 6. The Kier molecular flexibility index (Phi) is 9.39. The smallest absolute Gasteiger partial charge is 0.0978 e. The molecule has 0 amide bonds. The van der Waals surface area contributed by atoms with Gasteiger partial charge in [0.2, 0.25) is 0 Å². The molecule has 0 N–H and O–H groups in total. The molecular weight excluding hydrogens is 653 g/mol. The Bertz CT molecular complexity index is 2310. The number of fused-ring (bicyclic) bond motifs is 3. The molecule has 0 unspecified atom stereocenters. The maximum atomic E-state index is 5.71. The molecule has 2 heteroatoms. The lowest BCUT2D eigenvalue weighted by molar-refractivity contribution is 0.442. The van der Waals surface area contributed by atoms with E-state index < -0.39 is 0 Å². The molecule has 2 nitrogen and oxygen atoms in total. The van der Waals surface area contributed by atoms with Crippen LogP contribution in [0.25, 0.3) is 66.6 Å². The van der Waals surface area contributed by atoms with Crippen LogP contribution in [0.4, 0.5) is 0 Å². The fourth-order valence-electron chi connectivity index (χ4n) is 10.2. The van der Waals surface area contributed by atoms with Gasteiger partial charge in [0.15, 0.2) is 0 Å². The van der Waals surface area contributed by atoms with Crippen LogP contribution in [0.5, 0.6) is 0 Å². The molecule has 54 heavy (non-hydrogen) atoms. The van der Waals surface area contributed by atoms with Gasteiger partial charge in [-0.1, -0.05) is 136 Å². The van der Waals surface area contributed by atoms with Crippen LogP contribution in [0.15, 0.2) is 109 Å². The number of hydrogen-bond donors (Lipinski definition) is 0. The van der Waals surface area contributed by atoms with Crippen molar-refractivity contribution in [1.29, 1.82) is 0 Å². The van der Waals surface area contributed by atoms with Crippen molar-refractivity contribution >= 4 is 21.8 Å². The molecule has 7 aromatic rings. The minimum absolute atomic E-state index is 0.626. The van der Waals surface area contributed by atoms with Gasteiger partial charge in [0.05, 0.1) is 22.4 Å². The summed E-state index contributed by atoms with van der Waals surface area (Å²) >= 11 is 0. The van der Waals surface area contributed by atoms with Crippen molar-refractivity contribution < 1.29 is 0 Å². The molecule has 270 valence electrons. The van der Waals surface area contributed by atoms with Gasteiger partial charge in [0.25, 0.3) is 0 Å². The van der Waals surface area contributed by atoms with Crippen molar-refractivity contribution in [3.05, 3.63) is 143 Å². The molecule has 9 rings (SSSR count). The number of pyridine rings is 2. The van der Waals surface area contributed by atoms with Crippen LogP contribution >= 0.6 is 0 Å². The molecule has 0 atom stereocenters. The van der Waals surface area contributed by atoms with Crippen LogP contribution in [-0.2, 0) is 0 Å². The first kappa shape index (κ1) is 34.7. The Labute approximate surface area is 321 Å². The highest BCUT2D eigenvalue weighted by molar-refractivity contribution is 6.13. The van der Waals surface area contributed by atoms with Crippen molar-refractivity contribution in [1.82, 2.24) is 9.97 Å². The Hall–Kier alpha value is -5.08. The second-order valence-electron chi connectivity index (χ2n) is 16.3. The lowest BCUT2D eigenvalue weighted by Crippen LogP contribution is -2.08. The van der Waals surface area contributed by atoms with Crippen LogP contribution < -0.4 is 0 Å². The van der Waals surface area contributed by atoms with Crippen LogP contribution in [-0.4, -0.2) is 9.97 Å². The first-order valence-corrected chi connectivity index (χ1v) is 20.6. The zero-order valence-corrected chi connectivity index (χ0v) is 32.5. The normalized spacial score (nSPS) is 15.6. The van der Waals surface area contributed by atoms with Crippen molar-refractivity contribution in [3.63, 3.8) is 0 Å². The van der Waals surface area contributed by atoms with E-state index in [0.717, 1.165) is 33.2 Å². The van der Waals surface area contributed by atoms with Gasteiger partial charge in [-0.2, -0.15) is 0 Å². The third-order valence-corrected chi connectivity index (χ3v) is 13.0. The Balaban J connectivity index is 1.35. The highest BCUT2D eigenvalue weighted by Crippen LogP contribution is 2.44. The van der Waals surface area contributed by atoms with E-state index in [1.165, 1.54) is 131 Å². The topological polar surface area (TPSA) is 25.8 Å². The van der Waals surface area contributed by atoms with Gasteiger partial charge in [-0.05, 0) is 133 Å². The number of benzene rings is 5. The molecular formula is C52H52N2. The summed E-state index contributed by atoms with van der Waals surface area (Å²) in [6.07, 6.45) is 13.1. The zero-order chi connectivity index (χ0) is 36.8. The predicted octanol–water partition coefficient (Wildman–Crippen LogP) is 14.8. The molecule has 2 heterocycles. The van der Waals surface area contributed by atoms with Crippen LogP contribution in [0.1, 0.15) is 109 Å². The largest absolute Gasteiger partial charge is 0.245 e. The first-order chi connectivity index (χ1) is 26.5. The summed E-state index contributed by atoms with van der Waals surface area (Å²) in [5.41, 5.74) is 19.8. The van der Waals surface area contributed by atoms with E-state index in [0.29, 0.717) is 11.8 Å². The van der Waals surface area contributed by atoms with Gasteiger partial charge in [-0.15, -0.1) is 0 Å². The predicted molar refractivity (Wildman–Crippen MR) is 229 cm³/mol. The lowest BCUT2D eigenvalue weighted by atomic mass is 9.80. The fourth-order valence-corrected chi connectivity index (χ4v) is 10.2. The van der Waals surface area contributed by atoms with E-state index in [1.54, 1.807) is 0 Å². The maximum absolute atomic E-state index is 5.71. The van der Waals surface area contributed by atoms with Gasteiger partial charge in [-0.25, -0.2) is 9.97 Å². The fraction of sp³-hybridized carbons (Fsp3) is 0.308. The highest BCUT2D eigenvalue weighted by Gasteiger charge is 2.24. The highest BCUT2D eigenvalue weighted by atomic mass is 14.8. The van der Waals surface area contributed by atoms with Crippen molar-refractivity contribution in [2.75, 3.05) is 0 Å². The number of nitrogens with zero attached hydrogens (tertiary/aromatic N) is 2. The molecule has 0 bridgehead atoms. The second-order valence-corrected chi connectivity index (χ2v) is 16.3. The van der Waals surface area contributed by atoms with E-state index in [9.17, 15) is 0 Å². The molecule has 0 spiro atoms. The van der Waals surface area contributed by atoms with E-state index in [2.05, 4.69) is 137 Å². The summed E-state index contributed by atoms with van der Waals surface area (Å²) in [6.45, 7) is 9.22. The third-order valence-electron chi connectivity index (χ3n) is 13.0. The molecule has 2 saturated carbocycles. The quantitative estimate of drug-likeness (QED) is 0.161. The number of aryl methyl sites for hydroxylation is 2. The zero-order valence-electron chi connectivity index (χ0n) is 32.5. The van der Waals surface area contributed by atoms with Crippen molar-refractivity contribution in [2.45, 2.75) is 104 Å². The molecule has 2 aliphatic carbocycles. The summed E-state index contributed by atoms with van der Waals surface area (Å²) in [5.74, 6) is 1.25. The molecule has 0 radical (unpaired) electrons. The molecule has 0 saturated heterocycles. The summed E-state index contributed by atoms with van der Waals surface area (Å²) < 4.78 is 0. The summed E-state index contributed by atoms with van der Waals surface area (Å²) in [4.78, 5) is 11.4. The lowest BCUT2D eigenvalue weighted by Gasteiger charge is -2.26. The Morgan fingerprint density at radius 2 is 0.815 bits per heavy atom. The SMILES string of the molecule is Cc1ccc(C2CCCCC2)c(C)c1-c1cc(-c2ccccc2)c2ccc3c(-c4ccccc4)cc(-c4c(C)ccc(C5CCCCC5)c4C)nc3c2n1. The Morgan fingerprint density at radius 3 is 1.20 bits per heavy atom. The third kappa shape index (κ3) is 6.24. The minimum Gasteiger partial charge on any atom is -0.245 e. The van der Waals surface area contributed by atoms with Crippen LogP contribution in [0.3, 0.4) is 0 Å². The van der Waals surface area contributed by atoms with Gasteiger partial charge in [0, 0.05) is 21.9 Å². The van der Waals surface area contributed by atoms with Gasteiger partial charge in [-0.3, -0.25) is 0 Å². The van der Waals surface area contributed by atoms with E-state index >= 15 is 0 Å². The standard InChI is InChI=1S/C52H52N2/c1-33-25-27-41(37-17-9-5-10-18-37)35(3)49(33)47-31-45(39-21-13-7-14-22-39)43-29-30-44-46(40-23-15-8-16-24-40)32-48(54-52(44)51(43)53-47)50-34(2)26-28-42(36(50)4)38-19-11-6-12-20-38/h7-8,13-16,21-32,37-38H,5-6,9-12,17-20H2,1-4H3. The second kappa shape index (κ2) is 14.6. The van der Waals surface area contributed by atoms with Crippen molar-refractivity contribution in [3.8, 4) is 44.8 Å². The molecule has 2 fully saturated rings. The minimum atomic E-state index is 0.626. The van der Waals surface area contributed by atoms with Crippen LogP contribution in [0.2, 0.25) is 0 Å². The Morgan fingerprint density at radius 1 is 0.426 bits per heavy atom. The summed E-state index contributed by atoms with van der Waals surface area (Å²) in [7, 11) is 0. The number of aromatic nitrogens is 2. The van der Waals surface area contributed by atoms with Crippen molar-refractivity contribution in [2.24, 2.45) is 0 Å². The van der Waals surface area contributed by atoms with Gasteiger partial charge < -0.3 is 0 Å². The average Bonchev–Trinajstić information content (AvgIpc) is 3.21. The number of hydrogen-bond acceptors (Lipinski definition) is 2.